The lowest BCUT2D eigenvalue weighted by Gasteiger charge is -2.13. The Kier molecular flexibility index (Phi) is 11.2. The molecule has 0 unspecified atom stereocenters. The molecule has 0 fully saturated rings. The summed E-state index contributed by atoms with van der Waals surface area (Å²) in [7, 11) is 0. The van der Waals surface area contributed by atoms with Crippen LogP contribution >= 0.6 is 0 Å². The molecule has 4 aromatic rings. The Hall–Kier alpha value is -6.79. The molecule has 0 saturated carbocycles. The van der Waals surface area contributed by atoms with E-state index in [9.17, 15) is 23.6 Å². The molecule has 244 valence electrons. The highest BCUT2D eigenvalue weighted by Gasteiger charge is 2.17. The summed E-state index contributed by atoms with van der Waals surface area (Å²) in [6.45, 7) is 16.5. The van der Waals surface area contributed by atoms with Crippen LogP contribution in [0.5, 0.6) is 23.0 Å². The standard InChI is InChI=1S/C40H29FO8/c1-7-37(42)47-34-21-18-32(23-36(34)49-39(44)25(4)5)31-15-14-30(35(22-31)48-40(45)26(6)41)13-10-27-8-11-28(12-9-27)29-16-19-33(20-17-29)46-38(43)24(2)3/h7-9,11-12,14-23H,1-2,4,6H2,3,5H3. The second-order valence-corrected chi connectivity index (χ2v) is 10.5. The average molecular weight is 657 g/mol. The van der Waals surface area contributed by atoms with Gasteiger partial charge in [-0.05, 0) is 84.6 Å². The molecule has 0 spiro atoms. The molecular formula is C40H29FO8. The van der Waals surface area contributed by atoms with E-state index in [-0.39, 0.29) is 28.4 Å². The first-order valence-corrected chi connectivity index (χ1v) is 14.5. The fourth-order valence-electron chi connectivity index (χ4n) is 4.03. The van der Waals surface area contributed by atoms with E-state index in [2.05, 4.69) is 38.2 Å². The lowest BCUT2D eigenvalue weighted by Crippen LogP contribution is -2.11. The molecule has 0 N–H and O–H groups in total. The summed E-state index contributed by atoms with van der Waals surface area (Å²) in [5.74, 6) is 1.57. The number of carbonyl (C=O) groups excluding carboxylic acids is 4. The summed E-state index contributed by atoms with van der Waals surface area (Å²) in [5, 5.41) is 0. The maximum absolute atomic E-state index is 13.7. The van der Waals surface area contributed by atoms with Crippen LogP contribution in [-0.2, 0) is 19.2 Å². The van der Waals surface area contributed by atoms with E-state index in [1.54, 1.807) is 49.4 Å². The number of benzene rings is 4. The Balaban J connectivity index is 1.64. The van der Waals surface area contributed by atoms with Crippen LogP contribution in [0.25, 0.3) is 22.3 Å². The van der Waals surface area contributed by atoms with E-state index in [1.165, 1.54) is 25.1 Å². The van der Waals surface area contributed by atoms with Gasteiger partial charge in [-0.15, -0.1) is 0 Å². The topological polar surface area (TPSA) is 105 Å². The van der Waals surface area contributed by atoms with Crippen LogP contribution in [0.1, 0.15) is 25.0 Å². The Morgan fingerprint density at radius 1 is 0.592 bits per heavy atom. The molecule has 0 amide bonds. The molecule has 9 heteroatoms. The largest absolute Gasteiger partial charge is 0.423 e. The minimum atomic E-state index is -1.30. The van der Waals surface area contributed by atoms with Gasteiger partial charge in [-0.25, -0.2) is 19.2 Å². The molecule has 0 bridgehead atoms. The van der Waals surface area contributed by atoms with Gasteiger partial charge in [-0.3, -0.25) is 0 Å². The van der Waals surface area contributed by atoms with Gasteiger partial charge in [-0.1, -0.05) is 74.6 Å². The minimum Gasteiger partial charge on any atom is -0.423 e. The number of rotatable bonds is 10. The summed E-state index contributed by atoms with van der Waals surface area (Å²) in [4.78, 5) is 48.0. The molecule has 0 heterocycles. The summed E-state index contributed by atoms with van der Waals surface area (Å²) in [6, 6.07) is 23.5. The quantitative estimate of drug-likeness (QED) is 0.0735. The van der Waals surface area contributed by atoms with Gasteiger partial charge in [0, 0.05) is 22.8 Å². The first-order valence-electron chi connectivity index (χ1n) is 14.5. The lowest BCUT2D eigenvalue weighted by molar-refractivity contribution is -0.132. The Labute approximate surface area is 282 Å². The number of ether oxygens (including phenoxy) is 4. The fourth-order valence-corrected chi connectivity index (χ4v) is 4.03. The smallest absolute Gasteiger partial charge is 0.371 e. The zero-order chi connectivity index (χ0) is 35.7. The summed E-state index contributed by atoms with van der Waals surface area (Å²) < 4.78 is 34.7. The van der Waals surface area contributed by atoms with Crippen molar-refractivity contribution < 1.29 is 42.5 Å². The van der Waals surface area contributed by atoms with Gasteiger partial charge in [0.25, 0.3) is 0 Å². The van der Waals surface area contributed by atoms with Crippen LogP contribution in [0.15, 0.2) is 134 Å². The van der Waals surface area contributed by atoms with Crippen molar-refractivity contribution in [1.82, 2.24) is 0 Å². The van der Waals surface area contributed by atoms with E-state index in [0.29, 0.717) is 28.0 Å². The molecule has 0 aliphatic rings. The molecule has 0 aliphatic heterocycles. The first-order chi connectivity index (χ1) is 23.3. The monoisotopic (exact) mass is 656 g/mol. The van der Waals surface area contributed by atoms with Crippen molar-refractivity contribution in [3.8, 4) is 57.1 Å². The van der Waals surface area contributed by atoms with E-state index < -0.39 is 29.7 Å². The third kappa shape index (κ3) is 9.37. The highest BCUT2D eigenvalue weighted by molar-refractivity contribution is 5.91. The van der Waals surface area contributed by atoms with Crippen molar-refractivity contribution in [2.75, 3.05) is 0 Å². The van der Waals surface area contributed by atoms with Gasteiger partial charge in [0.15, 0.2) is 11.5 Å². The Bertz CT molecular complexity index is 2080. The predicted molar refractivity (Wildman–Crippen MR) is 182 cm³/mol. The van der Waals surface area contributed by atoms with Crippen molar-refractivity contribution in [2.24, 2.45) is 0 Å². The highest BCUT2D eigenvalue weighted by Crippen LogP contribution is 2.35. The van der Waals surface area contributed by atoms with E-state index in [4.69, 9.17) is 18.9 Å². The van der Waals surface area contributed by atoms with Crippen LogP contribution in [0, 0.1) is 11.8 Å². The number of hydrogen-bond donors (Lipinski definition) is 0. The summed E-state index contributed by atoms with van der Waals surface area (Å²) >= 11 is 0. The number of halogens is 1. The molecular weight excluding hydrogens is 627 g/mol. The molecule has 0 aromatic heterocycles. The molecule has 4 aromatic carbocycles. The van der Waals surface area contributed by atoms with Crippen LogP contribution in [-0.4, -0.2) is 23.9 Å². The second kappa shape index (κ2) is 15.7. The Morgan fingerprint density at radius 2 is 1.10 bits per heavy atom. The molecule has 4 rings (SSSR count). The van der Waals surface area contributed by atoms with E-state index >= 15 is 0 Å². The number of carbonyl (C=O) groups is 4. The molecule has 8 nitrogen and oxygen atoms in total. The number of esters is 4. The van der Waals surface area contributed by atoms with Crippen molar-refractivity contribution in [3.63, 3.8) is 0 Å². The average Bonchev–Trinajstić information content (AvgIpc) is 3.08. The normalized spacial score (nSPS) is 10.0. The first kappa shape index (κ1) is 35.1. The molecule has 0 radical (unpaired) electrons. The number of hydrogen-bond acceptors (Lipinski definition) is 8. The maximum atomic E-state index is 13.7. The third-order valence-corrected chi connectivity index (χ3v) is 6.58. The van der Waals surface area contributed by atoms with Crippen molar-refractivity contribution >= 4 is 23.9 Å². The zero-order valence-electron chi connectivity index (χ0n) is 26.6. The van der Waals surface area contributed by atoms with Gasteiger partial charge in [-0.2, -0.15) is 4.39 Å². The van der Waals surface area contributed by atoms with Gasteiger partial charge in [0.05, 0.1) is 5.56 Å². The van der Waals surface area contributed by atoms with Gasteiger partial charge >= 0.3 is 23.9 Å². The van der Waals surface area contributed by atoms with Crippen molar-refractivity contribution in [1.29, 1.82) is 0 Å². The molecule has 49 heavy (non-hydrogen) atoms. The molecule has 0 aliphatic carbocycles. The Morgan fingerprint density at radius 3 is 1.67 bits per heavy atom. The van der Waals surface area contributed by atoms with Gasteiger partial charge in [0.2, 0.25) is 5.83 Å². The highest BCUT2D eigenvalue weighted by atomic mass is 19.1. The van der Waals surface area contributed by atoms with Crippen LogP contribution in [0.2, 0.25) is 0 Å². The minimum absolute atomic E-state index is 0.0433. The molecule has 0 atom stereocenters. The van der Waals surface area contributed by atoms with Crippen LogP contribution in [0.4, 0.5) is 4.39 Å². The summed E-state index contributed by atoms with van der Waals surface area (Å²) in [6.07, 6.45) is 0.956. The van der Waals surface area contributed by atoms with Crippen LogP contribution < -0.4 is 18.9 Å². The lowest BCUT2D eigenvalue weighted by atomic mass is 10.0. The SMILES string of the molecule is C=CC(=O)Oc1ccc(-c2ccc(C#Cc3ccc(-c4ccc(OC(=O)C(=C)C)cc4)cc3)c(OC(=O)C(=C)F)c2)cc1OC(=O)C(=C)C. The van der Waals surface area contributed by atoms with Gasteiger partial charge in [0.1, 0.15) is 11.5 Å². The fraction of sp³-hybridized carbons (Fsp3) is 0.0500. The third-order valence-electron chi connectivity index (χ3n) is 6.58. The zero-order valence-corrected chi connectivity index (χ0v) is 26.6. The van der Waals surface area contributed by atoms with Crippen molar-refractivity contribution in [3.05, 3.63) is 145 Å². The van der Waals surface area contributed by atoms with E-state index in [0.717, 1.165) is 17.2 Å². The predicted octanol–water partition coefficient (Wildman–Crippen LogP) is 7.86. The summed E-state index contributed by atoms with van der Waals surface area (Å²) in [5.41, 5.74) is 4.04. The molecule has 0 saturated heterocycles. The van der Waals surface area contributed by atoms with Crippen LogP contribution in [0.3, 0.4) is 0 Å². The van der Waals surface area contributed by atoms with Gasteiger partial charge < -0.3 is 18.9 Å². The van der Waals surface area contributed by atoms with Crippen molar-refractivity contribution in [2.45, 2.75) is 13.8 Å². The van der Waals surface area contributed by atoms with E-state index in [1.807, 2.05) is 24.3 Å². The maximum Gasteiger partial charge on any atom is 0.371 e. The second-order valence-electron chi connectivity index (χ2n) is 10.5.